The van der Waals surface area contributed by atoms with Crippen LogP contribution in [0, 0.1) is 5.82 Å². The van der Waals surface area contributed by atoms with Crippen LogP contribution in [-0.2, 0) is 9.47 Å². The van der Waals surface area contributed by atoms with Gasteiger partial charge in [0.1, 0.15) is 11.9 Å². The molecule has 0 spiro atoms. The van der Waals surface area contributed by atoms with E-state index >= 15 is 0 Å². The molecule has 2 unspecified atom stereocenters. The Morgan fingerprint density at radius 1 is 1.50 bits per heavy atom. The zero-order valence-electron chi connectivity index (χ0n) is 10.3. The third kappa shape index (κ3) is 3.20. The highest BCUT2D eigenvalue weighted by atomic mass is 35.5. The molecule has 2 rings (SSSR count). The third-order valence-electron chi connectivity index (χ3n) is 2.94. The van der Waals surface area contributed by atoms with E-state index in [9.17, 15) is 4.39 Å². The first-order valence-corrected chi connectivity index (χ1v) is 6.48. The molecule has 5 heteroatoms. The molecule has 1 aliphatic rings. The zero-order chi connectivity index (χ0) is 13.0. The number of hydrogen-bond donors (Lipinski definition) is 1. The Hall–Kier alpha value is -0.680. The Morgan fingerprint density at radius 3 is 2.94 bits per heavy atom. The number of rotatable bonds is 4. The average Bonchev–Trinajstić information content (AvgIpc) is 2.38. The van der Waals surface area contributed by atoms with Gasteiger partial charge in [0.05, 0.1) is 25.9 Å². The molecule has 0 bridgehead atoms. The maximum absolute atomic E-state index is 14.0. The summed E-state index contributed by atoms with van der Waals surface area (Å²) in [6.45, 7) is 4.32. The Morgan fingerprint density at radius 2 is 2.33 bits per heavy atom. The normalized spacial score (nSPS) is 21.8. The minimum absolute atomic E-state index is 0.172. The Labute approximate surface area is 111 Å². The van der Waals surface area contributed by atoms with E-state index in [4.69, 9.17) is 21.1 Å². The first-order valence-electron chi connectivity index (χ1n) is 6.10. The Balaban J connectivity index is 2.22. The lowest BCUT2D eigenvalue weighted by Crippen LogP contribution is -2.41. The van der Waals surface area contributed by atoms with Crippen LogP contribution in [0.15, 0.2) is 18.2 Å². The largest absolute Gasteiger partial charge is 0.376 e. The maximum Gasteiger partial charge on any atom is 0.129 e. The monoisotopic (exact) mass is 273 g/mol. The number of benzene rings is 1. The third-order valence-corrected chi connectivity index (χ3v) is 3.17. The summed E-state index contributed by atoms with van der Waals surface area (Å²) < 4.78 is 25.0. The van der Waals surface area contributed by atoms with Gasteiger partial charge in [0.15, 0.2) is 0 Å². The second kappa shape index (κ2) is 6.48. The molecule has 3 nitrogen and oxygen atoms in total. The second-order valence-electron chi connectivity index (χ2n) is 4.19. The smallest absolute Gasteiger partial charge is 0.129 e. The molecule has 1 heterocycles. The van der Waals surface area contributed by atoms with Gasteiger partial charge in [-0.2, -0.15) is 0 Å². The molecule has 1 fully saturated rings. The van der Waals surface area contributed by atoms with E-state index in [1.807, 2.05) is 6.92 Å². The molecular weight excluding hydrogens is 257 g/mol. The summed E-state index contributed by atoms with van der Waals surface area (Å²) >= 11 is 5.77. The van der Waals surface area contributed by atoms with Crippen molar-refractivity contribution in [1.29, 1.82) is 0 Å². The van der Waals surface area contributed by atoms with Gasteiger partial charge >= 0.3 is 0 Å². The van der Waals surface area contributed by atoms with Gasteiger partial charge in [0, 0.05) is 10.6 Å². The maximum atomic E-state index is 14.0. The van der Waals surface area contributed by atoms with Crippen molar-refractivity contribution < 1.29 is 13.9 Å². The van der Waals surface area contributed by atoms with Crippen molar-refractivity contribution in [2.45, 2.75) is 19.1 Å². The number of nitrogens with one attached hydrogen (secondary N) is 1. The van der Waals surface area contributed by atoms with Crippen LogP contribution in [0.3, 0.4) is 0 Å². The lowest BCUT2D eigenvalue weighted by molar-refractivity contribution is -0.102. The summed E-state index contributed by atoms with van der Waals surface area (Å²) in [4.78, 5) is 0. The van der Waals surface area contributed by atoms with Gasteiger partial charge in [0.25, 0.3) is 0 Å². The van der Waals surface area contributed by atoms with Crippen LogP contribution in [0.25, 0.3) is 0 Å². The molecule has 0 aliphatic carbocycles. The molecule has 1 aromatic carbocycles. The molecule has 100 valence electrons. The molecular formula is C13H17ClFNO2. The predicted octanol–water partition coefficient (Wildman–Crippen LogP) is 2.55. The fourth-order valence-electron chi connectivity index (χ4n) is 2.11. The summed E-state index contributed by atoms with van der Waals surface area (Å²) in [6, 6.07) is 4.49. The molecule has 0 aromatic heterocycles. The van der Waals surface area contributed by atoms with E-state index in [-0.39, 0.29) is 18.0 Å². The van der Waals surface area contributed by atoms with E-state index in [0.717, 1.165) is 6.54 Å². The molecule has 1 aliphatic heterocycles. The number of hydrogen-bond acceptors (Lipinski definition) is 3. The molecule has 1 saturated heterocycles. The van der Waals surface area contributed by atoms with Gasteiger partial charge in [-0.3, -0.25) is 0 Å². The van der Waals surface area contributed by atoms with Crippen LogP contribution >= 0.6 is 11.6 Å². The van der Waals surface area contributed by atoms with Crippen molar-refractivity contribution in [3.63, 3.8) is 0 Å². The molecule has 18 heavy (non-hydrogen) atoms. The van der Waals surface area contributed by atoms with Crippen molar-refractivity contribution >= 4 is 11.6 Å². The molecule has 0 radical (unpaired) electrons. The number of likely N-dealkylation sites (N-methyl/N-ethyl adjacent to an activating group) is 1. The Bertz CT molecular complexity index is 397. The minimum Gasteiger partial charge on any atom is -0.376 e. The van der Waals surface area contributed by atoms with Crippen molar-refractivity contribution in [2.75, 3.05) is 26.4 Å². The molecule has 0 saturated carbocycles. The van der Waals surface area contributed by atoms with Gasteiger partial charge in [-0.15, -0.1) is 0 Å². The van der Waals surface area contributed by atoms with Crippen LogP contribution in [0.1, 0.15) is 18.5 Å². The summed E-state index contributed by atoms with van der Waals surface area (Å²) in [7, 11) is 0. The minimum atomic E-state index is -0.317. The van der Waals surface area contributed by atoms with Crippen LogP contribution in [0.4, 0.5) is 4.39 Å². The van der Waals surface area contributed by atoms with Crippen molar-refractivity contribution in [1.82, 2.24) is 5.32 Å². The summed E-state index contributed by atoms with van der Waals surface area (Å²) in [5.74, 6) is -0.317. The van der Waals surface area contributed by atoms with Crippen molar-refractivity contribution in [2.24, 2.45) is 0 Å². The number of halogens is 2. The van der Waals surface area contributed by atoms with E-state index in [1.165, 1.54) is 6.07 Å². The van der Waals surface area contributed by atoms with E-state index in [0.29, 0.717) is 30.4 Å². The highest BCUT2D eigenvalue weighted by Crippen LogP contribution is 2.26. The molecule has 0 amide bonds. The van der Waals surface area contributed by atoms with Crippen LogP contribution in [0.2, 0.25) is 5.02 Å². The Kier molecular flexibility index (Phi) is 4.95. The van der Waals surface area contributed by atoms with E-state index < -0.39 is 0 Å². The van der Waals surface area contributed by atoms with Crippen LogP contribution in [-0.4, -0.2) is 32.5 Å². The highest BCUT2D eigenvalue weighted by Gasteiger charge is 2.28. The summed E-state index contributed by atoms with van der Waals surface area (Å²) in [5.41, 5.74) is 0.566. The summed E-state index contributed by atoms with van der Waals surface area (Å²) in [5, 5.41) is 3.64. The molecule has 1 aromatic rings. The van der Waals surface area contributed by atoms with E-state index in [1.54, 1.807) is 12.1 Å². The highest BCUT2D eigenvalue weighted by molar-refractivity contribution is 6.30. The fourth-order valence-corrected chi connectivity index (χ4v) is 2.27. The predicted molar refractivity (Wildman–Crippen MR) is 68.4 cm³/mol. The SMILES string of the molecule is CCNC(c1ccc(Cl)cc1F)C1COCCO1. The lowest BCUT2D eigenvalue weighted by Gasteiger charge is -2.31. The standard InChI is InChI=1S/C13H17ClFNO2/c1-2-16-13(12-8-17-5-6-18-12)10-4-3-9(14)7-11(10)15/h3-4,7,12-13,16H,2,5-6,8H2,1H3. The first kappa shape index (κ1) is 13.7. The topological polar surface area (TPSA) is 30.5 Å². The second-order valence-corrected chi connectivity index (χ2v) is 4.62. The average molecular weight is 274 g/mol. The quantitative estimate of drug-likeness (QED) is 0.915. The van der Waals surface area contributed by atoms with Gasteiger partial charge in [0.2, 0.25) is 0 Å². The van der Waals surface area contributed by atoms with Gasteiger partial charge in [-0.05, 0) is 18.7 Å². The summed E-state index contributed by atoms with van der Waals surface area (Å²) in [6.07, 6.45) is -0.172. The molecule has 2 atom stereocenters. The van der Waals surface area contributed by atoms with Crippen LogP contribution in [0.5, 0.6) is 0 Å². The molecule has 1 N–H and O–H groups in total. The first-order chi connectivity index (χ1) is 8.72. The lowest BCUT2D eigenvalue weighted by atomic mass is 10.0. The van der Waals surface area contributed by atoms with E-state index in [2.05, 4.69) is 5.32 Å². The van der Waals surface area contributed by atoms with Gasteiger partial charge in [-0.1, -0.05) is 24.6 Å². The van der Waals surface area contributed by atoms with Crippen molar-refractivity contribution in [3.05, 3.63) is 34.6 Å². The van der Waals surface area contributed by atoms with Gasteiger partial charge < -0.3 is 14.8 Å². The number of ether oxygens (including phenoxy) is 2. The van der Waals surface area contributed by atoms with Crippen LogP contribution < -0.4 is 5.32 Å². The fraction of sp³-hybridized carbons (Fsp3) is 0.538. The van der Waals surface area contributed by atoms with Crippen molar-refractivity contribution in [3.8, 4) is 0 Å². The van der Waals surface area contributed by atoms with Gasteiger partial charge in [-0.25, -0.2) is 4.39 Å². The zero-order valence-corrected chi connectivity index (χ0v) is 11.0.